The minimum Gasteiger partial charge on any atom is -0.480 e. The minimum atomic E-state index is -1.14. The van der Waals surface area contributed by atoms with Crippen molar-refractivity contribution in [2.45, 2.75) is 123 Å². The van der Waals surface area contributed by atoms with Crippen LogP contribution in [0.5, 0.6) is 0 Å². The smallest absolute Gasteiger partial charge is 0.326 e. The van der Waals surface area contributed by atoms with E-state index in [1.54, 1.807) is 30.8 Å². The molecule has 1 aromatic rings. The van der Waals surface area contributed by atoms with Gasteiger partial charge in [-0.15, -0.1) is 0 Å². The van der Waals surface area contributed by atoms with E-state index in [2.05, 4.69) is 16.0 Å². The summed E-state index contributed by atoms with van der Waals surface area (Å²) in [6.45, 7) is 13.9. The average Bonchev–Trinajstić information content (AvgIpc) is 3.59. The van der Waals surface area contributed by atoms with Gasteiger partial charge in [-0.05, 0) is 43.2 Å². The number of nitrogens with one attached hydrogen (secondary N) is 3. The van der Waals surface area contributed by atoms with Crippen LogP contribution in [0.15, 0.2) is 30.3 Å². The Morgan fingerprint density at radius 2 is 1.54 bits per heavy atom. The van der Waals surface area contributed by atoms with E-state index in [9.17, 15) is 29.1 Å². The van der Waals surface area contributed by atoms with E-state index < -0.39 is 60.2 Å². The first-order valence-electron chi connectivity index (χ1n) is 18.7. The summed E-state index contributed by atoms with van der Waals surface area (Å²) in [7, 11) is 6.46. The Morgan fingerprint density at radius 1 is 0.923 bits per heavy atom. The van der Waals surface area contributed by atoms with Crippen molar-refractivity contribution in [3.63, 3.8) is 0 Å². The number of benzene rings is 1. The number of carbonyl (C=O) groups is 5. The number of methoxy groups -OCH3 is 2. The summed E-state index contributed by atoms with van der Waals surface area (Å²) in [6, 6.07) is 5.84. The van der Waals surface area contributed by atoms with Crippen LogP contribution in [0.4, 0.5) is 0 Å². The van der Waals surface area contributed by atoms with Crippen molar-refractivity contribution in [3.05, 3.63) is 35.9 Å². The zero-order valence-electron chi connectivity index (χ0n) is 33.2. The Balaban J connectivity index is 2.26. The van der Waals surface area contributed by atoms with Gasteiger partial charge < -0.3 is 40.3 Å². The van der Waals surface area contributed by atoms with Crippen LogP contribution in [0, 0.1) is 23.7 Å². The molecule has 1 heterocycles. The predicted octanol–water partition coefficient (Wildman–Crippen LogP) is 3.10. The molecule has 13 nitrogen and oxygen atoms in total. The summed E-state index contributed by atoms with van der Waals surface area (Å²) >= 11 is 0. The van der Waals surface area contributed by atoms with Crippen LogP contribution >= 0.6 is 0 Å². The maximum Gasteiger partial charge on any atom is 0.326 e. The second kappa shape index (κ2) is 21.2. The molecule has 1 aliphatic heterocycles. The number of ether oxygens (including phenoxy) is 2. The van der Waals surface area contributed by atoms with E-state index in [4.69, 9.17) is 9.47 Å². The van der Waals surface area contributed by atoms with Gasteiger partial charge in [-0.1, -0.05) is 85.2 Å². The zero-order valence-corrected chi connectivity index (χ0v) is 33.2. The maximum absolute atomic E-state index is 14.1. The van der Waals surface area contributed by atoms with Gasteiger partial charge in [0, 0.05) is 34.2 Å². The lowest BCUT2D eigenvalue weighted by Crippen LogP contribution is -2.59. The highest BCUT2D eigenvalue weighted by atomic mass is 16.5. The number of carbonyl (C=O) groups excluding carboxylic acids is 4. The highest BCUT2D eigenvalue weighted by Crippen LogP contribution is 2.29. The van der Waals surface area contributed by atoms with Crippen LogP contribution in [0.25, 0.3) is 0 Å². The number of carboxylic acid groups (broad SMARTS) is 1. The van der Waals surface area contributed by atoms with Gasteiger partial charge in [0.2, 0.25) is 23.6 Å². The van der Waals surface area contributed by atoms with Gasteiger partial charge in [-0.25, -0.2) is 4.79 Å². The summed E-state index contributed by atoms with van der Waals surface area (Å²) in [5.74, 6) is -3.27. The lowest BCUT2D eigenvalue weighted by atomic mass is 9.89. The Bertz CT molecular complexity index is 1310. The van der Waals surface area contributed by atoms with E-state index in [1.807, 2.05) is 71.9 Å². The van der Waals surface area contributed by atoms with Crippen LogP contribution in [0.3, 0.4) is 0 Å². The number of likely N-dealkylation sites (tertiary alicyclic amines) is 1. The molecule has 0 aliphatic carbocycles. The lowest BCUT2D eigenvalue weighted by molar-refractivity contribution is -0.148. The second-order valence-electron chi connectivity index (χ2n) is 14.9. The van der Waals surface area contributed by atoms with Crippen molar-refractivity contribution in [2.24, 2.45) is 23.7 Å². The Kier molecular flexibility index (Phi) is 18.2. The molecule has 1 aromatic carbocycles. The summed E-state index contributed by atoms with van der Waals surface area (Å²) in [4.78, 5) is 70.3. The number of amides is 4. The number of hydrogen-bond acceptors (Lipinski definition) is 8. The Morgan fingerprint density at radius 3 is 2.04 bits per heavy atom. The summed E-state index contributed by atoms with van der Waals surface area (Å²) in [5.41, 5.74) is 0.785. The molecule has 52 heavy (non-hydrogen) atoms. The lowest BCUT2D eigenvalue weighted by Gasteiger charge is -2.41. The molecule has 13 heteroatoms. The molecule has 1 aliphatic rings. The molecule has 0 aromatic heterocycles. The first-order chi connectivity index (χ1) is 24.5. The third-order valence-corrected chi connectivity index (χ3v) is 10.6. The fraction of sp³-hybridized carbons (Fsp3) is 0.718. The molecule has 9 atom stereocenters. The monoisotopic (exact) mass is 731 g/mol. The molecule has 0 spiro atoms. The SMILES string of the molecule is CC[C@H](C)C([C@@H](CC(=O)N1CCC[C@H]1[C@H](OC)[C@@H](C)C(=O)N[C@H](Cc1ccccc1)C(=O)O)OC)N(C)C(=O)[C@H](NC(=O)[C@@H](NC)C(C)C)C(C)C. The molecule has 294 valence electrons. The summed E-state index contributed by atoms with van der Waals surface area (Å²) < 4.78 is 11.8. The molecule has 0 radical (unpaired) electrons. The molecule has 1 fully saturated rings. The summed E-state index contributed by atoms with van der Waals surface area (Å²) in [5, 5.41) is 18.5. The van der Waals surface area contributed by atoms with Crippen molar-refractivity contribution in [1.29, 1.82) is 0 Å². The van der Waals surface area contributed by atoms with E-state index in [1.165, 1.54) is 14.2 Å². The molecule has 2 rings (SSSR count). The molecule has 1 unspecified atom stereocenters. The third kappa shape index (κ3) is 11.7. The average molecular weight is 732 g/mol. The van der Waals surface area contributed by atoms with Crippen molar-refractivity contribution < 1.29 is 38.6 Å². The molecule has 0 saturated carbocycles. The molecule has 1 saturated heterocycles. The van der Waals surface area contributed by atoms with Crippen LogP contribution < -0.4 is 16.0 Å². The first-order valence-corrected chi connectivity index (χ1v) is 18.7. The quantitative estimate of drug-likeness (QED) is 0.149. The van der Waals surface area contributed by atoms with Gasteiger partial charge in [0.15, 0.2) is 0 Å². The third-order valence-electron chi connectivity index (χ3n) is 10.6. The maximum atomic E-state index is 14.1. The van der Waals surface area contributed by atoms with E-state index in [0.717, 1.165) is 12.0 Å². The fourth-order valence-corrected chi connectivity index (χ4v) is 7.40. The highest BCUT2D eigenvalue weighted by molar-refractivity contribution is 5.90. The van der Waals surface area contributed by atoms with Crippen molar-refractivity contribution in [2.75, 3.05) is 34.9 Å². The van der Waals surface area contributed by atoms with Gasteiger partial charge in [0.1, 0.15) is 12.1 Å². The fourth-order valence-electron chi connectivity index (χ4n) is 7.40. The number of rotatable bonds is 21. The van der Waals surface area contributed by atoms with Crippen LogP contribution in [-0.4, -0.2) is 122 Å². The van der Waals surface area contributed by atoms with Crippen molar-refractivity contribution in [3.8, 4) is 0 Å². The first kappa shape index (κ1) is 44.6. The molecule has 4 N–H and O–H groups in total. The number of hydrogen-bond donors (Lipinski definition) is 4. The predicted molar refractivity (Wildman–Crippen MR) is 200 cm³/mol. The minimum absolute atomic E-state index is 0.0112. The highest BCUT2D eigenvalue weighted by Gasteiger charge is 2.43. The van der Waals surface area contributed by atoms with Gasteiger partial charge in [0.25, 0.3) is 0 Å². The van der Waals surface area contributed by atoms with Gasteiger partial charge in [-0.2, -0.15) is 0 Å². The normalized spacial score (nSPS) is 19.2. The zero-order chi connectivity index (χ0) is 39.3. The van der Waals surface area contributed by atoms with Crippen LogP contribution in [0.1, 0.15) is 79.7 Å². The van der Waals surface area contributed by atoms with Gasteiger partial charge in [0.05, 0.1) is 42.7 Å². The van der Waals surface area contributed by atoms with Crippen molar-refractivity contribution >= 4 is 29.6 Å². The van der Waals surface area contributed by atoms with E-state index >= 15 is 0 Å². The van der Waals surface area contributed by atoms with E-state index in [0.29, 0.717) is 19.4 Å². The van der Waals surface area contributed by atoms with Crippen LogP contribution in [-0.2, 0) is 39.9 Å². The second-order valence-corrected chi connectivity index (χ2v) is 14.9. The standard InChI is InChI=1S/C39H65N5O8/c1-12-25(6)34(43(9)38(48)33(24(4)5)42-37(47)32(40-8)23(2)3)30(51-10)22-31(45)44-20-16-19-29(44)35(52-11)26(7)36(46)41-28(39(49)50)21-27-17-14-13-15-18-27/h13-15,17-18,23-26,28-30,32-35,40H,12,16,19-22H2,1-11H3,(H,41,46)(H,42,47)(H,49,50)/t25-,26+,28+,29-,30+,32-,33+,34?,35+/m0/s1. The largest absolute Gasteiger partial charge is 0.480 e. The van der Waals surface area contributed by atoms with Gasteiger partial charge in [-0.3, -0.25) is 19.2 Å². The molecule has 0 bridgehead atoms. The number of nitrogens with zero attached hydrogens (tertiary/aromatic N) is 2. The number of carboxylic acids is 1. The van der Waals surface area contributed by atoms with E-state index in [-0.39, 0.29) is 48.3 Å². The number of aliphatic carboxylic acids is 1. The number of likely N-dealkylation sites (N-methyl/N-ethyl adjacent to an activating group) is 2. The summed E-state index contributed by atoms with van der Waals surface area (Å²) in [6.07, 6.45) is 0.818. The topological polar surface area (TPSA) is 167 Å². The molecular formula is C39H65N5O8. The Hall–Kier alpha value is -3.55. The van der Waals surface area contributed by atoms with Crippen LogP contribution in [0.2, 0.25) is 0 Å². The molecule has 4 amide bonds. The van der Waals surface area contributed by atoms with Crippen molar-refractivity contribution in [1.82, 2.24) is 25.8 Å². The van der Waals surface area contributed by atoms with Gasteiger partial charge >= 0.3 is 5.97 Å². The molecular weight excluding hydrogens is 666 g/mol. The Labute approximate surface area is 310 Å².